The summed E-state index contributed by atoms with van der Waals surface area (Å²) >= 11 is 0. The van der Waals surface area contributed by atoms with Gasteiger partial charge in [0.2, 0.25) is 0 Å². The number of rotatable bonds is 8. The summed E-state index contributed by atoms with van der Waals surface area (Å²) in [5, 5.41) is 6.48. The van der Waals surface area contributed by atoms with Crippen LogP contribution >= 0.6 is 0 Å². The lowest BCUT2D eigenvalue weighted by molar-refractivity contribution is 0.306. The number of para-hydroxylation sites is 2. The summed E-state index contributed by atoms with van der Waals surface area (Å²) in [6.45, 7) is 6.25. The van der Waals surface area contributed by atoms with Crippen molar-refractivity contribution in [2.24, 2.45) is 0 Å². The monoisotopic (exact) mass is 556 g/mol. The van der Waals surface area contributed by atoms with E-state index in [2.05, 4.69) is 41.4 Å². The van der Waals surface area contributed by atoms with Crippen LogP contribution < -0.4 is 15.9 Å². The van der Waals surface area contributed by atoms with Crippen molar-refractivity contribution in [3.8, 4) is 17.1 Å². The van der Waals surface area contributed by atoms with E-state index in [9.17, 15) is 9.59 Å². The number of hydrogen-bond acceptors (Lipinski definition) is 3. The highest BCUT2D eigenvalue weighted by atomic mass is 16.5. The van der Waals surface area contributed by atoms with Crippen molar-refractivity contribution in [3.05, 3.63) is 169 Å². The maximum Gasteiger partial charge on any atom is 0.275 e. The lowest BCUT2D eigenvalue weighted by Gasteiger charge is -2.16. The number of aromatic nitrogens is 4. The Morgan fingerprint density at radius 2 is 1.10 bits per heavy atom. The molecule has 7 heteroatoms. The number of nitrogens with one attached hydrogen (secondary N) is 2. The zero-order valence-electron chi connectivity index (χ0n) is 23.8. The fourth-order valence-electron chi connectivity index (χ4n) is 5.40. The molecule has 2 aromatic heterocycles. The Labute approximate surface area is 243 Å². The van der Waals surface area contributed by atoms with E-state index in [4.69, 9.17) is 4.74 Å². The van der Waals surface area contributed by atoms with Crippen molar-refractivity contribution in [2.75, 3.05) is 0 Å². The summed E-state index contributed by atoms with van der Waals surface area (Å²) in [6, 6.07) is 34.8. The molecule has 42 heavy (non-hydrogen) atoms. The first-order chi connectivity index (χ1) is 20.4. The predicted molar refractivity (Wildman–Crippen MR) is 165 cm³/mol. The molecule has 0 bridgehead atoms. The molecule has 0 atom stereocenters. The van der Waals surface area contributed by atoms with Gasteiger partial charge < -0.3 is 4.74 Å². The van der Waals surface area contributed by atoms with Gasteiger partial charge in [0.15, 0.2) is 0 Å². The van der Waals surface area contributed by atoms with Gasteiger partial charge in [0.05, 0.1) is 22.5 Å². The third kappa shape index (κ3) is 5.12. The summed E-state index contributed by atoms with van der Waals surface area (Å²) in [5.74, 6) is 0.0941. The second-order valence-corrected chi connectivity index (χ2v) is 10.5. The number of nitrogens with zero attached hydrogens (tertiary/aromatic N) is 2. The van der Waals surface area contributed by atoms with E-state index in [1.165, 1.54) is 14.9 Å². The molecule has 0 saturated carbocycles. The fourth-order valence-corrected chi connectivity index (χ4v) is 5.40. The molecule has 0 radical (unpaired) electrons. The average Bonchev–Trinajstić information content (AvgIpc) is 3.48. The van der Waals surface area contributed by atoms with E-state index in [-0.39, 0.29) is 11.1 Å². The van der Waals surface area contributed by atoms with Crippen molar-refractivity contribution in [1.29, 1.82) is 0 Å². The van der Waals surface area contributed by atoms with Crippen LogP contribution in [0.3, 0.4) is 0 Å². The summed E-state index contributed by atoms with van der Waals surface area (Å²) in [6.07, 6.45) is 0. The smallest absolute Gasteiger partial charge is 0.275 e. The lowest BCUT2D eigenvalue weighted by atomic mass is 9.85. The average molecular weight is 557 g/mol. The van der Waals surface area contributed by atoms with E-state index >= 15 is 0 Å². The highest BCUT2D eigenvalue weighted by Crippen LogP contribution is 2.33. The van der Waals surface area contributed by atoms with Crippen LogP contribution in [0.15, 0.2) is 119 Å². The minimum Gasteiger partial charge on any atom is -0.489 e. The third-order valence-corrected chi connectivity index (χ3v) is 7.58. The van der Waals surface area contributed by atoms with Gasteiger partial charge in [-0.3, -0.25) is 19.8 Å². The topological polar surface area (TPSA) is 84.8 Å². The predicted octanol–water partition coefficient (Wildman–Crippen LogP) is 6.33. The molecule has 0 fully saturated rings. The molecular weight excluding hydrogens is 524 g/mol. The molecule has 6 rings (SSSR count). The minimum atomic E-state index is -0.612. The summed E-state index contributed by atoms with van der Waals surface area (Å²) < 4.78 is 9.13. The van der Waals surface area contributed by atoms with Gasteiger partial charge in [-0.1, -0.05) is 78.4 Å². The van der Waals surface area contributed by atoms with E-state index in [0.29, 0.717) is 34.9 Å². The van der Waals surface area contributed by atoms with Crippen LogP contribution in [0.1, 0.15) is 45.1 Å². The summed E-state index contributed by atoms with van der Waals surface area (Å²) in [7, 11) is 0. The van der Waals surface area contributed by atoms with Crippen LogP contribution in [-0.2, 0) is 6.61 Å². The van der Waals surface area contributed by atoms with Gasteiger partial charge in [-0.25, -0.2) is 9.36 Å². The normalized spacial score (nSPS) is 11.2. The van der Waals surface area contributed by atoms with Gasteiger partial charge in [-0.15, -0.1) is 0 Å². The van der Waals surface area contributed by atoms with Crippen LogP contribution in [0.4, 0.5) is 0 Å². The molecule has 4 aromatic carbocycles. The molecular formula is C35H32N4O3. The molecule has 0 aliphatic rings. The van der Waals surface area contributed by atoms with Crippen LogP contribution in [0.2, 0.25) is 0 Å². The maximum atomic E-state index is 14.0. The number of ether oxygens (including phenoxy) is 1. The SMILES string of the molecule is Cc1ccc(COc2ccc(C(c3c(C)[nH]n(-c4ccccc4)c3=O)c3c(C)[nH]n(-c4ccccc4)c3=O)cc2)cc1. The first-order valence-electron chi connectivity index (χ1n) is 13.9. The van der Waals surface area contributed by atoms with Crippen molar-refractivity contribution in [1.82, 2.24) is 19.6 Å². The number of benzene rings is 4. The molecule has 2 heterocycles. The number of aromatic amines is 2. The fraction of sp³-hybridized carbons (Fsp3) is 0.143. The first kappa shape index (κ1) is 26.9. The molecule has 0 aliphatic carbocycles. The molecule has 210 valence electrons. The number of H-pyrrole nitrogens is 2. The molecule has 0 unspecified atom stereocenters. The zero-order chi connectivity index (χ0) is 29.2. The Morgan fingerprint density at radius 3 is 1.57 bits per heavy atom. The largest absolute Gasteiger partial charge is 0.489 e. The van der Waals surface area contributed by atoms with E-state index < -0.39 is 5.92 Å². The Balaban J connectivity index is 1.45. The molecule has 7 nitrogen and oxygen atoms in total. The number of hydrogen-bond donors (Lipinski definition) is 2. The van der Waals surface area contributed by atoms with E-state index in [1.54, 1.807) is 0 Å². The Bertz CT molecular complexity index is 1830. The summed E-state index contributed by atoms with van der Waals surface area (Å²) in [4.78, 5) is 28.0. The molecule has 0 aliphatic heterocycles. The van der Waals surface area contributed by atoms with Gasteiger partial charge >= 0.3 is 0 Å². The van der Waals surface area contributed by atoms with Crippen molar-refractivity contribution in [3.63, 3.8) is 0 Å². The lowest BCUT2D eigenvalue weighted by Crippen LogP contribution is -2.25. The van der Waals surface area contributed by atoms with Crippen LogP contribution in [0.5, 0.6) is 5.75 Å². The highest BCUT2D eigenvalue weighted by molar-refractivity contribution is 5.48. The molecule has 0 saturated heterocycles. The Kier molecular flexibility index (Phi) is 7.23. The maximum absolute atomic E-state index is 14.0. The molecule has 0 amide bonds. The van der Waals surface area contributed by atoms with Gasteiger partial charge in [0, 0.05) is 17.3 Å². The second-order valence-electron chi connectivity index (χ2n) is 10.5. The van der Waals surface area contributed by atoms with Crippen molar-refractivity contribution < 1.29 is 4.74 Å². The molecule has 6 aromatic rings. The highest BCUT2D eigenvalue weighted by Gasteiger charge is 2.31. The van der Waals surface area contributed by atoms with Crippen molar-refractivity contribution in [2.45, 2.75) is 33.3 Å². The van der Waals surface area contributed by atoms with Gasteiger partial charge in [-0.2, -0.15) is 0 Å². The van der Waals surface area contributed by atoms with Gasteiger partial charge in [0.1, 0.15) is 12.4 Å². The second kappa shape index (κ2) is 11.3. The third-order valence-electron chi connectivity index (χ3n) is 7.58. The van der Waals surface area contributed by atoms with Crippen LogP contribution in [-0.4, -0.2) is 19.6 Å². The van der Waals surface area contributed by atoms with Gasteiger partial charge in [0.25, 0.3) is 11.1 Å². The van der Waals surface area contributed by atoms with Crippen molar-refractivity contribution >= 4 is 0 Å². The zero-order valence-corrected chi connectivity index (χ0v) is 23.8. The number of aryl methyl sites for hydroxylation is 3. The summed E-state index contributed by atoms with van der Waals surface area (Å²) in [5.41, 5.74) is 6.58. The quantitative estimate of drug-likeness (QED) is 0.230. The van der Waals surface area contributed by atoms with E-state index in [1.807, 2.05) is 98.8 Å². The molecule has 2 N–H and O–H groups in total. The van der Waals surface area contributed by atoms with Gasteiger partial charge in [-0.05, 0) is 68.3 Å². The van der Waals surface area contributed by atoms with E-state index in [0.717, 1.165) is 22.5 Å². The minimum absolute atomic E-state index is 0.199. The Hall–Kier alpha value is -5.30. The Morgan fingerprint density at radius 1 is 0.619 bits per heavy atom. The molecule has 0 spiro atoms. The standard InChI is InChI=1S/C35H32N4O3/c1-23-14-16-26(17-15-23)22-42-30-20-18-27(19-21-30)33(31-24(2)36-38(34(31)40)28-10-6-4-7-11-28)32-25(3)37-39(35(32)41)29-12-8-5-9-13-29/h4-21,33,36-37H,22H2,1-3H3. The van der Waals surface area contributed by atoms with Crippen LogP contribution in [0.25, 0.3) is 11.4 Å². The van der Waals surface area contributed by atoms with Crippen LogP contribution in [0, 0.1) is 20.8 Å². The first-order valence-corrected chi connectivity index (χ1v) is 13.9.